The molecule has 18 heavy (non-hydrogen) atoms. The first-order chi connectivity index (χ1) is 8.74. The Bertz CT molecular complexity index is 610. The quantitative estimate of drug-likeness (QED) is 0.829. The molecular formula is C11H12N4O2S. The van der Waals surface area contributed by atoms with Gasteiger partial charge in [0.1, 0.15) is 18.7 Å². The van der Waals surface area contributed by atoms with Gasteiger partial charge < -0.3 is 15.2 Å². The zero-order chi connectivity index (χ0) is 12.5. The molecule has 7 heteroatoms. The van der Waals surface area contributed by atoms with E-state index in [-0.39, 0.29) is 0 Å². The molecule has 0 bridgehead atoms. The van der Waals surface area contributed by atoms with Gasteiger partial charge in [-0.05, 0) is 0 Å². The SMILES string of the molecule is NC(=S)CCn1nnc2cc3c(cc21)OCCO3. The van der Waals surface area contributed by atoms with Gasteiger partial charge >= 0.3 is 0 Å². The number of nitrogens with two attached hydrogens (primary N) is 1. The minimum Gasteiger partial charge on any atom is -0.486 e. The van der Waals surface area contributed by atoms with Crippen LogP contribution in [0.25, 0.3) is 11.0 Å². The van der Waals surface area contributed by atoms with Crippen molar-refractivity contribution >= 4 is 28.2 Å². The smallest absolute Gasteiger partial charge is 0.163 e. The van der Waals surface area contributed by atoms with Crippen molar-refractivity contribution in [2.45, 2.75) is 13.0 Å². The van der Waals surface area contributed by atoms with Gasteiger partial charge in [-0.1, -0.05) is 17.4 Å². The van der Waals surface area contributed by atoms with Crippen LogP contribution in [-0.2, 0) is 6.54 Å². The van der Waals surface area contributed by atoms with E-state index in [0.29, 0.717) is 31.2 Å². The van der Waals surface area contributed by atoms with Crippen LogP contribution in [0.3, 0.4) is 0 Å². The Labute approximate surface area is 109 Å². The summed E-state index contributed by atoms with van der Waals surface area (Å²) in [7, 11) is 0. The molecule has 0 saturated heterocycles. The highest BCUT2D eigenvalue weighted by atomic mass is 32.1. The van der Waals surface area contributed by atoms with Gasteiger partial charge in [0, 0.05) is 25.1 Å². The molecule has 3 rings (SSSR count). The van der Waals surface area contributed by atoms with Crippen molar-refractivity contribution in [2.24, 2.45) is 5.73 Å². The molecule has 2 aromatic rings. The van der Waals surface area contributed by atoms with E-state index in [1.807, 2.05) is 12.1 Å². The van der Waals surface area contributed by atoms with E-state index in [0.717, 1.165) is 22.5 Å². The van der Waals surface area contributed by atoms with Gasteiger partial charge in [0.25, 0.3) is 0 Å². The molecule has 2 N–H and O–H groups in total. The highest BCUT2D eigenvalue weighted by molar-refractivity contribution is 7.80. The average molecular weight is 264 g/mol. The van der Waals surface area contributed by atoms with Crippen LogP contribution < -0.4 is 15.2 Å². The molecular weight excluding hydrogens is 252 g/mol. The van der Waals surface area contributed by atoms with E-state index in [1.165, 1.54) is 0 Å². The predicted octanol–water partition coefficient (Wildman–Crippen LogP) is 0.879. The molecule has 0 fully saturated rings. The topological polar surface area (TPSA) is 75.2 Å². The fourth-order valence-electron chi connectivity index (χ4n) is 1.89. The summed E-state index contributed by atoms with van der Waals surface area (Å²) < 4.78 is 12.8. The Balaban J connectivity index is 1.99. The molecule has 1 aromatic carbocycles. The lowest BCUT2D eigenvalue weighted by Crippen LogP contribution is -2.15. The van der Waals surface area contributed by atoms with Crippen molar-refractivity contribution in [2.75, 3.05) is 13.2 Å². The van der Waals surface area contributed by atoms with Gasteiger partial charge in [-0.3, -0.25) is 0 Å². The first-order valence-corrected chi connectivity index (χ1v) is 6.06. The van der Waals surface area contributed by atoms with Crippen LogP contribution >= 0.6 is 12.2 Å². The molecule has 0 amide bonds. The van der Waals surface area contributed by atoms with E-state index in [2.05, 4.69) is 10.3 Å². The van der Waals surface area contributed by atoms with Gasteiger partial charge in [-0.2, -0.15) is 0 Å². The number of thiocarbonyl (C=S) groups is 1. The predicted molar refractivity (Wildman–Crippen MR) is 69.9 cm³/mol. The second-order valence-electron chi connectivity index (χ2n) is 4.01. The van der Waals surface area contributed by atoms with Crippen LogP contribution in [0.1, 0.15) is 6.42 Å². The summed E-state index contributed by atoms with van der Waals surface area (Å²) >= 11 is 4.86. The van der Waals surface area contributed by atoms with E-state index < -0.39 is 0 Å². The van der Waals surface area contributed by atoms with Crippen molar-refractivity contribution in [1.82, 2.24) is 15.0 Å². The van der Waals surface area contributed by atoms with Crippen LogP contribution in [-0.4, -0.2) is 33.2 Å². The van der Waals surface area contributed by atoms with E-state index in [1.54, 1.807) is 4.68 Å². The maximum absolute atomic E-state index is 5.54. The van der Waals surface area contributed by atoms with E-state index in [9.17, 15) is 0 Å². The van der Waals surface area contributed by atoms with Crippen molar-refractivity contribution in [3.05, 3.63) is 12.1 Å². The first-order valence-electron chi connectivity index (χ1n) is 5.65. The summed E-state index contributed by atoms with van der Waals surface area (Å²) in [5.41, 5.74) is 7.17. The largest absolute Gasteiger partial charge is 0.486 e. The van der Waals surface area contributed by atoms with Gasteiger partial charge in [0.2, 0.25) is 0 Å². The average Bonchev–Trinajstić information content (AvgIpc) is 2.76. The molecule has 1 aliphatic heterocycles. The van der Waals surface area contributed by atoms with Gasteiger partial charge in [-0.25, -0.2) is 4.68 Å². The molecule has 0 atom stereocenters. The van der Waals surface area contributed by atoms with Crippen molar-refractivity contribution in [3.8, 4) is 11.5 Å². The Morgan fingerprint density at radius 3 is 2.78 bits per heavy atom. The number of benzene rings is 1. The highest BCUT2D eigenvalue weighted by Gasteiger charge is 2.15. The second-order valence-corrected chi connectivity index (χ2v) is 4.54. The van der Waals surface area contributed by atoms with E-state index in [4.69, 9.17) is 27.4 Å². The van der Waals surface area contributed by atoms with Crippen LogP contribution in [0.2, 0.25) is 0 Å². The first kappa shape index (κ1) is 11.2. The standard InChI is InChI=1S/C11H12N4O2S/c12-11(18)1-2-15-8-6-10-9(16-3-4-17-10)5-7(8)13-14-15/h5-6H,1-4H2,(H2,12,18). The molecule has 0 unspecified atom stereocenters. The number of aryl methyl sites for hydroxylation is 1. The Kier molecular flexibility index (Phi) is 2.75. The molecule has 6 nitrogen and oxygen atoms in total. The molecule has 0 radical (unpaired) electrons. The maximum atomic E-state index is 5.54. The number of nitrogens with zero attached hydrogens (tertiary/aromatic N) is 3. The number of fused-ring (bicyclic) bond motifs is 2. The zero-order valence-corrected chi connectivity index (χ0v) is 10.4. The van der Waals surface area contributed by atoms with Crippen LogP contribution in [0.5, 0.6) is 11.5 Å². The third-order valence-electron chi connectivity index (χ3n) is 2.75. The number of hydrogen-bond acceptors (Lipinski definition) is 5. The minimum absolute atomic E-state index is 0.469. The summed E-state index contributed by atoms with van der Waals surface area (Å²) in [5, 5.41) is 8.18. The Morgan fingerprint density at radius 1 is 1.33 bits per heavy atom. The third-order valence-corrected chi connectivity index (χ3v) is 2.95. The second kappa shape index (κ2) is 4.41. The van der Waals surface area contributed by atoms with Gasteiger partial charge in [0.05, 0.1) is 10.5 Å². The van der Waals surface area contributed by atoms with Gasteiger partial charge in [-0.15, -0.1) is 5.10 Å². The summed E-state index contributed by atoms with van der Waals surface area (Å²) in [6.07, 6.45) is 0.599. The molecule has 94 valence electrons. The lowest BCUT2D eigenvalue weighted by molar-refractivity contribution is 0.172. The summed E-state index contributed by atoms with van der Waals surface area (Å²) in [4.78, 5) is 0.469. The summed E-state index contributed by atoms with van der Waals surface area (Å²) in [6.45, 7) is 1.74. The summed E-state index contributed by atoms with van der Waals surface area (Å²) in [5.74, 6) is 1.45. The normalized spacial score (nSPS) is 13.8. The lowest BCUT2D eigenvalue weighted by atomic mass is 10.2. The molecule has 0 saturated carbocycles. The maximum Gasteiger partial charge on any atom is 0.163 e. The lowest BCUT2D eigenvalue weighted by Gasteiger charge is -2.17. The molecule has 1 aliphatic rings. The van der Waals surface area contributed by atoms with Gasteiger partial charge in [0.15, 0.2) is 11.5 Å². The number of ether oxygens (including phenoxy) is 2. The number of rotatable bonds is 3. The van der Waals surface area contributed by atoms with Crippen molar-refractivity contribution in [3.63, 3.8) is 0 Å². The number of hydrogen-bond donors (Lipinski definition) is 1. The Morgan fingerprint density at radius 2 is 2.06 bits per heavy atom. The third kappa shape index (κ3) is 1.97. The minimum atomic E-state index is 0.469. The fourth-order valence-corrected chi connectivity index (χ4v) is 1.98. The summed E-state index contributed by atoms with van der Waals surface area (Å²) in [6, 6.07) is 3.73. The van der Waals surface area contributed by atoms with Crippen LogP contribution in [0.4, 0.5) is 0 Å². The van der Waals surface area contributed by atoms with E-state index >= 15 is 0 Å². The van der Waals surface area contributed by atoms with Crippen molar-refractivity contribution in [1.29, 1.82) is 0 Å². The molecule has 0 spiro atoms. The van der Waals surface area contributed by atoms with Crippen LogP contribution in [0.15, 0.2) is 12.1 Å². The highest BCUT2D eigenvalue weighted by Crippen LogP contribution is 2.33. The molecule has 0 aliphatic carbocycles. The van der Waals surface area contributed by atoms with Crippen molar-refractivity contribution < 1.29 is 9.47 Å². The Hall–Kier alpha value is -1.89. The van der Waals surface area contributed by atoms with Crippen LogP contribution in [0, 0.1) is 0 Å². The monoisotopic (exact) mass is 264 g/mol. The zero-order valence-electron chi connectivity index (χ0n) is 9.63. The fraction of sp³-hybridized carbons (Fsp3) is 0.364. The number of aromatic nitrogens is 3. The molecule has 2 heterocycles. The molecule has 1 aromatic heterocycles.